The van der Waals surface area contributed by atoms with Crippen molar-refractivity contribution in [3.8, 4) is 0 Å². The molecule has 1 heterocycles. The van der Waals surface area contributed by atoms with Gasteiger partial charge in [0, 0.05) is 25.2 Å². The Morgan fingerprint density at radius 1 is 1.48 bits per heavy atom. The highest BCUT2D eigenvalue weighted by Gasteiger charge is 2.21. The normalized spacial score (nSPS) is 20.9. The molecule has 1 fully saturated rings. The van der Waals surface area contributed by atoms with Crippen LogP contribution in [0.4, 0.5) is 0 Å². The van der Waals surface area contributed by atoms with Gasteiger partial charge in [0.25, 0.3) is 0 Å². The van der Waals surface area contributed by atoms with Gasteiger partial charge in [-0.05, 0) is 38.5 Å². The van der Waals surface area contributed by atoms with E-state index in [9.17, 15) is 5.11 Å². The zero-order valence-corrected chi connectivity index (χ0v) is 13.6. The number of hydrogen-bond acceptors (Lipinski definition) is 4. The van der Waals surface area contributed by atoms with Gasteiger partial charge in [-0.3, -0.25) is 0 Å². The first-order valence-electron chi connectivity index (χ1n) is 7.40. The topological polar surface area (TPSA) is 52.7 Å². The minimum absolute atomic E-state index is 0.388. The van der Waals surface area contributed by atoms with Crippen molar-refractivity contribution in [1.29, 1.82) is 0 Å². The Labute approximate surface area is 132 Å². The predicted molar refractivity (Wildman–Crippen MR) is 90.4 cm³/mol. The molecule has 1 aliphatic heterocycles. The second-order valence-electron chi connectivity index (χ2n) is 6.14. The average molecular weight is 307 g/mol. The van der Waals surface area contributed by atoms with E-state index in [1.807, 2.05) is 24.3 Å². The number of nitrogens with zero attached hydrogens (tertiary/aromatic N) is 2. The molecule has 0 aliphatic carbocycles. The smallest absolute Gasteiger partial charge is 0.103 e. The van der Waals surface area contributed by atoms with Crippen molar-refractivity contribution in [3.05, 3.63) is 35.4 Å². The molecule has 4 nitrogen and oxygen atoms in total. The zero-order chi connectivity index (χ0) is 15.4. The van der Waals surface area contributed by atoms with Crippen LogP contribution in [0.25, 0.3) is 0 Å². The van der Waals surface area contributed by atoms with Crippen molar-refractivity contribution in [2.45, 2.75) is 12.5 Å². The summed E-state index contributed by atoms with van der Waals surface area (Å²) >= 11 is 4.93. The van der Waals surface area contributed by atoms with Gasteiger partial charge in [0.1, 0.15) is 4.99 Å². The number of rotatable bonds is 6. The van der Waals surface area contributed by atoms with Crippen LogP contribution in [0.5, 0.6) is 0 Å². The molecule has 0 spiro atoms. The minimum Gasteiger partial charge on any atom is -0.389 e. The third-order valence-electron chi connectivity index (χ3n) is 4.12. The van der Waals surface area contributed by atoms with Crippen LogP contribution in [0.2, 0.25) is 0 Å². The Bertz CT molecular complexity index is 477. The molecule has 0 amide bonds. The van der Waals surface area contributed by atoms with Gasteiger partial charge in [-0.15, -0.1) is 0 Å². The van der Waals surface area contributed by atoms with Gasteiger partial charge >= 0.3 is 0 Å². The molecule has 1 aliphatic rings. The van der Waals surface area contributed by atoms with Crippen molar-refractivity contribution in [2.24, 2.45) is 11.7 Å². The van der Waals surface area contributed by atoms with Crippen LogP contribution < -0.4 is 5.73 Å². The monoisotopic (exact) mass is 307 g/mol. The van der Waals surface area contributed by atoms with Crippen molar-refractivity contribution in [3.63, 3.8) is 0 Å². The number of hydrogen-bond donors (Lipinski definition) is 2. The van der Waals surface area contributed by atoms with Gasteiger partial charge < -0.3 is 20.6 Å². The Morgan fingerprint density at radius 2 is 2.14 bits per heavy atom. The lowest BCUT2D eigenvalue weighted by Gasteiger charge is -2.24. The first-order valence-corrected chi connectivity index (χ1v) is 7.81. The van der Waals surface area contributed by atoms with Crippen molar-refractivity contribution >= 4 is 17.2 Å². The van der Waals surface area contributed by atoms with Crippen LogP contribution in [0.3, 0.4) is 0 Å². The highest BCUT2D eigenvalue weighted by atomic mass is 32.1. The number of aliphatic hydroxyl groups excluding tert-OH is 1. The fourth-order valence-corrected chi connectivity index (χ4v) is 3.10. The summed E-state index contributed by atoms with van der Waals surface area (Å²) < 4.78 is 0. The van der Waals surface area contributed by atoms with Gasteiger partial charge in [0.05, 0.1) is 6.10 Å². The maximum Gasteiger partial charge on any atom is 0.103 e. The summed E-state index contributed by atoms with van der Waals surface area (Å²) in [4.78, 5) is 4.97. The lowest BCUT2D eigenvalue weighted by molar-refractivity contribution is 0.119. The Hall–Kier alpha value is -1.01. The summed E-state index contributed by atoms with van der Waals surface area (Å²) in [6, 6.07) is 7.53. The van der Waals surface area contributed by atoms with E-state index in [4.69, 9.17) is 18.0 Å². The van der Waals surface area contributed by atoms with Gasteiger partial charge in [-0.25, -0.2) is 0 Å². The standard InChI is InChI=1S/C16H25N3OS/c1-18-8-7-12(9-18)10-19(2)11-15(20)13-3-5-14(6-4-13)16(17)21/h3-6,12,15,20H,7-11H2,1-2H3,(H2,17,21). The lowest BCUT2D eigenvalue weighted by atomic mass is 10.1. The molecule has 2 unspecified atom stereocenters. The van der Waals surface area contributed by atoms with Crippen molar-refractivity contribution in [2.75, 3.05) is 40.3 Å². The fourth-order valence-electron chi connectivity index (χ4n) is 2.96. The first kappa shape index (κ1) is 16.4. The SMILES string of the molecule is CN1CCC(CN(C)CC(O)c2ccc(C(N)=S)cc2)C1. The molecule has 116 valence electrons. The van der Waals surface area contributed by atoms with E-state index in [2.05, 4.69) is 23.9 Å². The summed E-state index contributed by atoms with van der Waals surface area (Å²) in [6.45, 7) is 4.02. The van der Waals surface area contributed by atoms with Gasteiger partial charge in [0.2, 0.25) is 0 Å². The minimum atomic E-state index is -0.477. The summed E-state index contributed by atoms with van der Waals surface area (Å²) in [7, 11) is 4.24. The van der Waals surface area contributed by atoms with Gasteiger partial charge in [-0.1, -0.05) is 36.5 Å². The maximum absolute atomic E-state index is 10.3. The molecule has 3 N–H and O–H groups in total. The molecular weight excluding hydrogens is 282 g/mol. The van der Waals surface area contributed by atoms with Crippen LogP contribution in [0, 0.1) is 5.92 Å². The second-order valence-corrected chi connectivity index (χ2v) is 6.58. The second kappa shape index (κ2) is 7.31. The van der Waals surface area contributed by atoms with Gasteiger partial charge in [0.15, 0.2) is 0 Å². The van der Waals surface area contributed by atoms with Crippen LogP contribution in [0.15, 0.2) is 24.3 Å². The summed E-state index contributed by atoms with van der Waals surface area (Å²) in [5.74, 6) is 0.712. The van der Waals surface area contributed by atoms with Gasteiger partial charge in [-0.2, -0.15) is 0 Å². The fraction of sp³-hybridized carbons (Fsp3) is 0.562. The van der Waals surface area contributed by atoms with Crippen LogP contribution in [-0.2, 0) is 0 Å². The molecule has 5 heteroatoms. The Morgan fingerprint density at radius 3 is 2.67 bits per heavy atom. The molecule has 1 aromatic rings. The maximum atomic E-state index is 10.3. The van der Waals surface area contributed by atoms with E-state index in [1.54, 1.807) is 0 Å². The number of thiocarbonyl (C=S) groups is 1. The third-order valence-corrected chi connectivity index (χ3v) is 4.36. The van der Waals surface area contributed by atoms with Crippen LogP contribution in [-0.4, -0.2) is 60.2 Å². The van der Waals surface area contributed by atoms with E-state index in [0.717, 1.165) is 24.2 Å². The molecular formula is C16H25N3OS. The largest absolute Gasteiger partial charge is 0.389 e. The summed E-state index contributed by atoms with van der Waals surface area (Å²) in [5, 5.41) is 10.3. The molecule has 1 saturated heterocycles. The number of aliphatic hydroxyl groups is 1. The Balaban J connectivity index is 1.85. The zero-order valence-electron chi connectivity index (χ0n) is 12.8. The van der Waals surface area contributed by atoms with Crippen LogP contribution >= 0.6 is 12.2 Å². The number of likely N-dealkylation sites (N-methyl/N-ethyl adjacent to an activating group) is 1. The first-order chi connectivity index (χ1) is 9.95. The molecule has 2 rings (SSSR count). The molecule has 1 aromatic carbocycles. The molecule has 2 atom stereocenters. The summed E-state index contributed by atoms with van der Waals surface area (Å²) in [5.41, 5.74) is 7.32. The van der Waals surface area contributed by atoms with Crippen LogP contribution in [0.1, 0.15) is 23.7 Å². The lowest BCUT2D eigenvalue weighted by Crippen LogP contribution is -2.31. The molecule has 0 bridgehead atoms. The highest BCUT2D eigenvalue weighted by Crippen LogP contribution is 2.18. The predicted octanol–water partition coefficient (Wildman–Crippen LogP) is 1.24. The number of likely N-dealkylation sites (tertiary alicyclic amines) is 1. The average Bonchev–Trinajstić information content (AvgIpc) is 2.83. The van der Waals surface area contributed by atoms with E-state index < -0.39 is 6.10 Å². The highest BCUT2D eigenvalue weighted by molar-refractivity contribution is 7.80. The Kier molecular flexibility index (Phi) is 5.70. The third kappa shape index (κ3) is 4.74. The number of nitrogens with two attached hydrogens (primary N) is 1. The van der Waals surface area contributed by atoms with Crippen molar-refractivity contribution in [1.82, 2.24) is 9.80 Å². The summed E-state index contributed by atoms with van der Waals surface area (Å²) in [6.07, 6.45) is 0.772. The van der Waals surface area contributed by atoms with E-state index in [1.165, 1.54) is 13.0 Å². The van der Waals surface area contributed by atoms with E-state index in [-0.39, 0.29) is 0 Å². The van der Waals surface area contributed by atoms with E-state index >= 15 is 0 Å². The van der Waals surface area contributed by atoms with E-state index in [0.29, 0.717) is 17.5 Å². The molecule has 21 heavy (non-hydrogen) atoms. The quantitative estimate of drug-likeness (QED) is 0.775. The number of benzene rings is 1. The molecule has 0 radical (unpaired) electrons. The van der Waals surface area contributed by atoms with Crippen molar-refractivity contribution < 1.29 is 5.11 Å². The molecule has 0 saturated carbocycles. The molecule has 0 aromatic heterocycles.